The standard InChI is InChI=1S/C17H16ClN3/c18-14-5-7-15-13(10-14)4-6-16(20-15)17-19-8-9-21(17)11-12-2-1-3-12/h4-10,12H,1-3,11H2. The minimum Gasteiger partial charge on any atom is -0.329 e. The highest BCUT2D eigenvalue weighted by Gasteiger charge is 2.19. The van der Waals surface area contributed by atoms with Crippen LogP contribution in [0.25, 0.3) is 22.4 Å². The van der Waals surface area contributed by atoms with Crippen molar-refractivity contribution < 1.29 is 0 Å². The number of pyridine rings is 1. The summed E-state index contributed by atoms with van der Waals surface area (Å²) < 4.78 is 2.23. The van der Waals surface area contributed by atoms with Gasteiger partial charge in [0.25, 0.3) is 0 Å². The van der Waals surface area contributed by atoms with Crippen molar-refractivity contribution in [3.8, 4) is 11.5 Å². The van der Waals surface area contributed by atoms with Gasteiger partial charge in [-0.2, -0.15) is 0 Å². The van der Waals surface area contributed by atoms with Crippen molar-refractivity contribution in [1.82, 2.24) is 14.5 Å². The molecule has 4 rings (SSSR count). The van der Waals surface area contributed by atoms with E-state index in [-0.39, 0.29) is 0 Å². The molecule has 0 aliphatic heterocycles. The normalized spacial score (nSPS) is 15.3. The first-order valence-corrected chi connectivity index (χ1v) is 7.75. The number of hydrogen-bond acceptors (Lipinski definition) is 2. The van der Waals surface area contributed by atoms with Gasteiger partial charge in [0.2, 0.25) is 0 Å². The SMILES string of the molecule is Clc1ccc2nc(-c3nccn3CC3CCC3)ccc2c1. The second kappa shape index (κ2) is 5.15. The Morgan fingerprint density at radius 3 is 2.90 bits per heavy atom. The molecule has 1 aliphatic rings. The predicted octanol–water partition coefficient (Wildman–Crippen LogP) is 4.55. The van der Waals surface area contributed by atoms with E-state index in [1.807, 2.05) is 30.5 Å². The van der Waals surface area contributed by atoms with Crippen molar-refractivity contribution in [3.05, 3.63) is 47.7 Å². The lowest BCUT2D eigenvalue weighted by atomic mass is 9.85. The molecule has 0 radical (unpaired) electrons. The summed E-state index contributed by atoms with van der Waals surface area (Å²) >= 11 is 6.02. The quantitative estimate of drug-likeness (QED) is 0.710. The van der Waals surface area contributed by atoms with Crippen LogP contribution in [0.15, 0.2) is 42.7 Å². The molecule has 1 saturated carbocycles. The summed E-state index contributed by atoms with van der Waals surface area (Å²) in [6.07, 6.45) is 7.95. The van der Waals surface area contributed by atoms with E-state index in [1.54, 1.807) is 0 Å². The molecule has 1 aliphatic carbocycles. The van der Waals surface area contributed by atoms with Crippen LogP contribution in [0, 0.1) is 5.92 Å². The van der Waals surface area contributed by atoms with Gasteiger partial charge in [0.15, 0.2) is 5.82 Å². The number of aromatic nitrogens is 3. The molecular weight excluding hydrogens is 282 g/mol. The zero-order chi connectivity index (χ0) is 14.2. The van der Waals surface area contributed by atoms with Gasteiger partial charge < -0.3 is 4.57 Å². The molecule has 0 atom stereocenters. The summed E-state index contributed by atoms with van der Waals surface area (Å²) in [5, 5.41) is 1.80. The molecular formula is C17H16ClN3. The van der Waals surface area contributed by atoms with Crippen molar-refractivity contribution in [2.45, 2.75) is 25.8 Å². The van der Waals surface area contributed by atoms with E-state index in [0.29, 0.717) is 0 Å². The summed E-state index contributed by atoms with van der Waals surface area (Å²) in [6, 6.07) is 9.86. The number of fused-ring (bicyclic) bond motifs is 1. The zero-order valence-electron chi connectivity index (χ0n) is 11.7. The number of rotatable bonds is 3. The second-order valence-electron chi connectivity index (χ2n) is 5.73. The lowest BCUT2D eigenvalue weighted by Gasteiger charge is -2.26. The minimum atomic E-state index is 0.739. The molecule has 0 spiro atoms. The number of hydrogen-bond donors (Lipinski definition) is 0. The average molecular weight is 298 g/mol. The summed E-state index contributed by atoms with van der Waals surface area (Å²) in [6.45, 7) is 1.05. The van der Waals surface area contributed by atoms with E-state index < -0.39 is 0 Å². The van der Waals surface area contributed by atoms with Gasteiger partial charge in [-0.3, -0.25) is 0 Å². The first-order chi connectivity index (χ1) is 10.3. The van der Waals surface area contributed by atoms with Crippen LogP contribution in [0.4, 0.5) is 0 Å². The van der Waals surface area contributed by atoms with Crippen LogP contribution in [0.1, 0.15) is 19.3 Å². The Morgan fingerprint density at radius 2 is 2.10 bits per heavy atom. The third-order valence-corrected chi connectivity index (χ3v) is 4.51. The number of nitrogens with zero attached hydrogens (tertiary/aromatic N) is 3. The number of halogens is 1. The van der Waals surface area contributed by atoms with Gasteiger partial charge >= 0.3 is 0 Å². The zero-order valence-corrected chi connectivity index (χ0v) is 12.4. The molecule has 0 unspecified atom stereocenters. The van der Waals surface area contributed by atoms with E-state index in [2.05, 4.69) is 21.8 Å². The summed E-state index contributed by atoms with van der Waals surface area (Å²) in [4.78, 5) is 9.23. The maximum atomic E-state index is 6.02. The largest absolute Gasteiger partial charge is 0.329 e. The highest BCUT2D eigenvalue weighted by atomic mass is 35.5. The second-order valence-corrected chi connectivity index (χ2v) is 6.17. The minimum absolute atomic E-state index is 0.739. The van der Waals surface area contributed by atoms with Crippen molar-refractivity contribution >= 4 is 22.5 Å². The van der Waals surface area contributed by atoms with E-state index in [9.17, 15) is 0 Å². The van der Waals surface area contributed by atoms with Gasteiger partial charge in [-0.15, -0.1) is 0 Å². The summed E-state index contributed by atoms with van der Waals surface area (Å²) in [5.74, 6) is 1.76. The van der Waals surface area contributed by atoms with Gasteiger partial charge in [0.05, 0.1) is 5.52 Å². The highest BCUT2D eigenvalue weighted by Crippen LogP contribution is 2.29. The maximum absolute atomic E-state index is 6.02. The predicted molar refractivity (Wildman–Crippen MR) is 85.3 cm³/mol. The Morgan fingerprint density at radius 1 is 1.19 bits per heavy atom. The van der Waals surface area contributed by atoms with E-state index in [0.717, 1.165) is 39.9 Å². The van der Waals surface area contributed by atoms with Crippen LogP contribution in [0.2, 0.25) is 5.02 Å². The molecule has 1 fully saturated rings. The van der Waals surface area contributed by atoms with Gasteiger partial charge in [-0.1, -0.05) is 24.1 Å². The van der Waals surface area contributed by atoms with Gasteiger partial charge in [0, 0.05) is 29.3 Å². The molecule has 4 heteroatoms. The van der Waals surface area contributed by atoms with Crippen LogP contribution in [0.5, 0.6) is 0 Å². The third kappa shape index (κ3) is 2.42. The first-order valence-electron chi connectivity index (χ1n) is 7.37. The molecule has 0 bridgehead atoms. The fraction of sp³-hybridized carbons (Fsp3) is 0.294. The van der Waals surface area contributed by atoms with Crippen LogP contribution in [-0.4, -0.2) is 14.5 Å². The van der Waals surface area contributed by atoms with Crippen molar-refractivity contribution in [1.29, 1.82) is 0 Å². The topological polar surface area (TPSA) is 30.7 Å². The first kappa shape index (κ1) is 12.8. The Labute approximate surface area is 128 Å². The van der Waals surface area contributed by atoms with Crippen molar-refractivity contribution in [3.63, 3.8) is 0 Å². The average Bonchev–Trinajstić information content (AvgIpc) is 2.90. The monoisotopic (exact) mass is 297 g/mol. The molecule has 21 heavy (non-hydrogen) atoms. The van der Waals surface area contributed by atoms with E-state index in [4.69, 9.17) is 16.6 Å². The van der Waals surface area contributed by atoms with Crippen molar-refractivity contribution in [2.75, 3.05) is 0 Å². The smallest absolute Gasteiger partial charge is 0.158 e. The Kier molecular flexibility index (Phi) is 3.15. The molecule has 1 aromatic carbocycles. The Bertz CT molecular complexity index is 790. The third-order valence-electron chi connectivity index (χ3n) is 4.28. The van der Waals surface area contributed by atoms with E-state index >= 15 is 0 Å². The molecule has 2 aromatic heterocycles. The number of benzene rings is 1. The maximum Gasteiger partial charge on any atom is 0.158 e. The highest BCUT2D eigenvalue weighted by molar-refractivity contribution is 6.31. The molecule has 0 saturated heterocycles. The fourth-order valence-electron chi connectivity index (χ4n) is 2.86. The van der Waals surface area contributed by atoms with Crippen LogP contribution in [0.3, 0.4) is 0 Å². The molecule has 106 valence electrons. The summed E-state index contributed by atoms with van der Waals surface area (Å²) in [5.41, 5.74) is 1.88. The van der Waals surface area contributed by atoms with Crippen LogP contribution < -0.4 is 0 Å². The lowest BCUT2D eigenvalue weighted by molar-refractivity contribution is 0.277. The Balaban J connectivity index is 1.72. The molecule has 0 N–H and O–H groups in total. The molecule has 2 heterocycles. The van der Waals surface area contributed by atoms with Crippen molar-refractivity contribution in [2.24, 2.45) is 5.92 Å². The van der Waals surface area contributed by atoms with Gasteiger partial charge in [0.1, 0.15) is 5.69 Å². The lowest BCUT2D eigenvalue weighted by Crippen LogP contribution is -2.18. The fourth-order valence-corrected chi connectivity index (χ4v) is 3.04. The molecule has 3 aromatic rings. The Hall–Kier alpha value is -1.87. The van der Waals surface area contributed by atoms with Crippen LogP contribution >= 0.6 is 11.6 Å². The van der Waals surface area contributed by atoms with Crippen LogP contribution in [-0.2, 0) is 6.54 Å². The molecule has 3 nitrogen and oxygen atoms in total. The van der Waals surface area contributed by atoms with Gasteiger partial charge in [-0.25, -0.2) is 9.97 Å². The van der Waals surface area contributed by atoms with E-state index in [1.165, 1.54) is 19.3 Å². The molecule has 0 amide bonds. The number of imidazole rings is 1. The summed E-state index contributed by atoms with van der Waals surface area (Å²) in [7, 11) is 0. The van der Waals surface area contributed by atoms with Gasteiger partial charge in [-0.05, 0) is 43.0 Å².